The van der Waals surface area contributed by atoms with Crippen LogP contribution < -0.4 is 5.32 Å². The number of nitrogens with one attached hydrogen (secondary N) is 1. The summed E-state index contributed by atoms with van der Waals surface area (Å²) >= 11 is 0. The maximum absolute atomic E-state index is 11.5. The highest BCUT2D eigenvalue weighted by Crippen LogP contribution is 2.04. The molecule has 4 heteroatoms. The first-order valence-corrected chi connectivity index (χ1v) is 4.79. The topological polar surface area (TPSA) is 69.6 Å². The number of hydrogen-bond donors (Lipinski definition) is 3. The molecule has 1 rings (SSSR count). The molecule has 0 saturated carbocycles. The summed E-state index contributed by atoms with van der Waals surface area (Å²) in [6, 6.07) is 6.67. The van der Waals surface area contributed by atoms with Gasteiger partial charge in [0.1, 0.15) is 0 Å². The Balaban J connectivity index is 2.58. The van der Waals surface area contributed by atoms with E-state index in [4.69, 9.17) is 10.2 Å². The van der Waals surface area contributed by atoms with Gasteiger partial charge >= 0.3 is 0 Å². The molecule has 82 valence electrons. The van der Waals surface area contributed by atoms with Gasteiger partial charge in [-0.3, -0.25) is 4.79 Å². The summed E-state index contributed by atoms with van der Waals surface area (Å²) in [6.45, 7) is 1.81. The molecule has 3 N–H and O–H groups in total. The van der Waals surface area contributed by atoms with Crippen molar-refractivity contribution in [2.75, 3.05) is 6.54 Å². The summed E-state index contributed by atoms with van der Waals surface area (Å²) in [7, 11) is 0. The van der Waals surface area contributed by atoms with Gasteiger partial charge in [0.15, 0.2) is 0 Å². The molecule has 0 unspecified atom stereocenters. The highest BCUT2D eigenvalue weighted by molar-refractivity contribution is 5.94. The molecule has 15 heavy (non-hydrogen) atoms. The third-order valence-electron chi connectivity index (χ3n) is 1.96. The molecule has 0 fully saturated rings. The standard InChI is InChI=1S/C11H15NO3/c1-8(14)6-12-11(15)10-4-2-9(7-13)3-5-10/h2-5,8,13-14H,6-7H2,1H3,(H,12,15)/t8-/m0/s1. The first-order valence-electron chi connectivity index (χ1n) is 4.79. The molecule has 1 aromatic carbocycles. The molecule has 0 spiro atoms. The molecule has 0 bridgehead atoms. The van der Waals surface area contributed by atoms with Crippen LogP contribution >= 0.6 is 0 Å². The summed E-state index contributed by atoms with van der Waals surface area (Å²) in [5, 5.41) is 20.4. The fraction of sp³-hybridized carbons (Fsp3) is 0.364. The van der Waals surface area contributed by atoms with Gasteiger partial charge in [0.05, 0.1) is 12.7 Å². The molecule has 0 aliphatic carbocycles. The second-order valence-electron chi connectivity index (χ2n) is 3.41. The summed E-state index contributed by atoms with van der Waals surface area (Å²) < 4.78 is 0. The van der Waals surface area contributed by atoms with Gasteiger partial charge in [-0.15, -0.1) is 0 Å². The van der Waals surface area contributed by atoms with Crippen molar-refractivity contribution < 1.29 is 15.0 Å². The third kappa shape index (κ3) is 3.69. The van der Waals surface area contributed by atoms with Crippen LogP contribution in [-0.4, -0.2) is 28.8 Å². The Kier molecular flexibility index (Phi) is 4.27. The lowest BCUT2D eigenvalue weighted by atomic mass is 10.1. The lowest BCUT2D eigenvalue weighted by molar-refractivity contribution is 0.0924. The molecular formula is C11H15NO3. The van der Waals surface area contributed by atoms with E-state index >= 15 is 0 Å². The summed E-state index contributed by atoms with van der Waals surface area (Å²) in [5.74, 6) is -0.222. The van der Waals surface area contributed by atoms with E-state index in [1.807, 2.05) is 0 Å². The quantitative estimate of drug-likeness (QED) is 0.667. The minimum Gasteiger partial charge on any atom is -0.392 e. The average Bonchev–Trinajstić information content (AvgIpc) is 2.26. The van der Waals surface area contributed by atoms with E-state index in [1.54, 1.807) is 31.2 Å². The van der Waals surface area contributed by atoms with Crippen LogP contribution in [0.1, 0.15) is 22.8 Å². The van der Waals surface area contributed by atoms with Gasteiger partial charge in [-0.2, -0.15) is 0 Å². The molecule has 1 atom stereocenters. The maximum Gasteiger partial charge on any atom is 0.251 e. The fourth-order valence-corrected chi connectivity index (χ4v) is 1.10. The molecule has 1 aromatic rings. The van der Waals surface area contributed by atoms with Crippen molar-refractivity contribution in [3.63, 3.8) is 0 Å². The molecule has 0 aliphatic rings. The number of rotatable bonds is 4. The Hall–Kier alpha value is -1.39. The normalized spacial score (nSPS) is 12.2. The van der Waals surface area contributed by atoms with Crippen molar-refractivity contribution in [3.8, 4) is 0 Å². The van der Waals surface area contributed by atoms with Gasteiger partial charge in [-0.25, -0.2) is 0 Å². The predicted octanol–water partition coefficient (Wildman–Crippen LogP) is 0.290. The zero-order chi connectivity index (χ0) is 11.3. The second-order valence-corrected chi connectivity index (χ2v) is 3.41. The monoisotopic (exact) mass is 209 g/mol. The van der Waals surface area contributed by atoms with E-state index in [2.05, 4.69) is 5.32 Å². The van der Waals surface area contributed by atoms with E-state index in [9.17, 15) is 4.79 Å². The maximum atomic E-state index is 11.5. The van der Waals surface area contributed by atoms with Gasteiger partial charge in [-0.1, -0.05) is 12.1 Å². The Morgan fingerprint density at radius 2 is 2.00 bits per heavy atom. The Morgan fingerprint density at radius 1 is 1.40 bits per heavy atom. The highest BCUT2D eigenvalue weighted by Gasteiger charge is 2.05. The molecule has 0 aliphatic heterocycles. The van der Waals surface area contributed by atoms with Crippen LogP contribution in [0.5, 0.6) is 0 Å². The third-order valence-corrected chi connectivity index (χ3v) is 1.96. The molecule has 0 aromatic heterocycles. The molecule has 0 radical (unpaired) electrons. The van der Waals surface area contributed by atoms with Crippen molar-refractivity contribution in [1.82, 2.24) is 5.32 Å². The zero-order valence-corrected chi connectivity index (χ0v) is 8.60. The Labute approximate surface area is 88.6 Å². The average molecular weight is 209 g/mol. The van der Waals surface area contributed by atoms with Crippen molar-refractivity contribution in [3.05, 3.63) is 35.4 Å². The predicted molar refractivity (Wildman–Crippen MR) is 56.4 cm³/mol. The van der Waals surface area contributed by atoms with Crippen molar-refractivity contribution in [2.45, 2.75) is 19.6 Å². The second kappa shape index (κ2) is 5.48. The van der Waals surface area contributed by atoms with Gasteiger partial charge in [-0.05, 0) is 24.6 Å². The van der Waals surface area contributed by atoms with Crippen molar-refractivity contribution in [2.24, 2.45) is 0 Å². The van der Waals surface area contributed by atoms with Crippen LogP contribution in [0.15, 0.2) is 24.3 Å². The van der Waals surface area contributed by atoms with Crippen LogP contribution in [0.25, 0.3) is 0 Å². The lowest BCUT2D eigenvalue weighted by Crippen LogP contribution is -2.30. The van der Waals surface area contributed by atoms with Crippen LogP contribution in [0.3, 0.4) is 0 Å². The van der Waals surface area contributed by atoms with Crippen molar-refractivity contribution >= 4 is 5.91 Å². The van der Waals surface area contributed by atoms with Crippen LogP contribution in [0.4, 0.5) is 0 Å². The van der Waals surface area contributed by atoms with Gasteiger partial charge in [0, 0.05) is 12.1 Å². The number of hydrogen-bond acceptors (Lipinski definition) is 3. The van der Waals surface area contributed by atoms with Gasteiger partial charge in [0.2, 0.25) is 0 Å². The van der Waals surface area contributed by atoms with E-state index < -0.39 is 6.10 Å². The Bertz CT molecular complexity index is 319. The van der Waals surface area contributed by atoms with Crippen LogP contribution in [-0.2, 0) is 6.61 Å². The molecule has 0 saturated heterocycles. The first kappa shape index (κ1) is 11.7. The summed E-state index contributed by atoms with van der Waals surface area (Å²) in [4.78, 5) is 11.5. The number of aliphatic hydroxyl groups excluding tert-OH is 2. The fourth-order valence-electron chi connectivity index (χ4n) is 1.10. The van der Waals surface area contributed by atoms with E-state index in [0.29, 0.717) is 5.56 Å². The first-order chi connectivity index (χ1) is 7.13. The summed E-state index contributed by atoms with van der Waals surface area (Å²) in [5.41, 5.74) is 1.29. The largest absolute Gasteiger partial charge is 0.392 e. The molecular weight excluding hydrogens is 194 g/mol. The number of benzene rings is 1. The van der Waals surface area contributed by atoms with E-state index in [0.717, 1.165) is 5.56 Å². The van der Waals surface area contributed by atoms with Crippen LogP contribution in [0.2, 0.25) is 0 Å². The molecule has 0 heterocycles. The summed E-state index contributed by atoms with van der Waals surface area (Å²) in [6.07, 6.45) is -0.550. The SMILES string of the molecule is C[C@H](O)CNC(=O)c1ccc(CO)cc1. The molecule has 4 nitrogen and oxygen atoms in total. The number of aliphatic hydroxyl groups is 2. The smallest absolute Gasteiger partial charge is 0.251 e. The number of amides is 1. The lowest BCUT2D eigenvalue weighted by Gasteiger charge is -2.07. The number of carbonyl (C=O) groups is 1. The van der Waals surface area contributed by atoms with Gasteiger partial charge in [0.25, 0.3) is 5.91 Å². The van der Waals surface area contributed by atoms with Gasteiger partial charge < -0.3 is 15.5 Å². The number of carbonyl (C=O) groups excluding carboxylic acids is 1. The Morgan fingerprint density at radius 3 is 2.47 bits per heavy atom. The highest BCUT2D eigenvalue weighted by atomic mass is 16.3. The van der Waals surface area contributed by atoms with Crippen LogP contribution in [0, 0.1) is 0 Å². The van der Waals surface area contributed by atoms with E-state index in [-0.39, 0.29) is 19.1 Å². The minimum absolute atomic E-state index is 0.0322. The molecule has 1 amide bonds. The minimum atomic E-state index is -0.550. The zero-order valence-electron chi connectivity index (χ0n) is 8.60. The van der Waals surface area contributed by atoms with E-state index in [1.165, 1.54) is 0 Å². The van der Waals surface area contributed by atoms with Crippen molar-refractivity contribution in [1.29, 1.82) is 0 Å².